The molecule has 2 aliphatic rings. The molecule has 49 heavy (non-hydrogen) atoms. The normalized spacial score (nSPS) is 29.5. The number of ether oxygens (including phenoxy) is 10. The lowest BCUT2D eigenvalue weighted by atomic mass is 9.97. The van der Waals surface area contributed by atoms with Crippen molar-refractivity contribution in [3.05, 3.63) is 35.9 Å². The molecule has 272 valence electrons. The van der Waals surface area contributed by atoms with Gasteiger partial charge in [-0.05, 0) is 5.56 Å². The van der Waals surface area contributed by atoms with Crippen molar-refractivity contribution < 1.29 is 76.1 Å². The van der Waals surface area contributed by atoms with Crippen LogP contribution in [0.1, 0.15) is 47.1 Å². The number of hydrogen-bond donors (Lipinski definition) is 0. The molecule has 2 aliphatic heterocycles. The Hall–Kier alpha value is -3.77. The van der Waals surface area contributed by atoms with Crippen molar-refractivity contribution in [3.63, 3.8) is 0 Å². The third-order valence-electron chi connectivity index (χ3n) is 7.10. The first-order valence-corrected chi connectivity index (χ1v) is 16.2. The Morgan fingerprint density at radius 3 is 1.71 bits per heavy atom. The summed E-state index contributed by atoms with van der Waals surface area (Å²) in [6.45, 7) is 6.32. The van der Waals surface area contributed by atoms with Crippen molar-refractivity contribution in [1.82, 2.24) is 0 Å². The molecule has 10 atom stereocenters. The van der Waals surface area contributed by atoms with Gasteiger partial charge < -0.3 is 47.4 Å². The number of thioether (sulfide) groups is 1. The molecule has 2 fully saturated rings. The highest BCUT2D eigenvalue weighted by molar-refractivity contribution is 8.00. The van der Waals surface area contributed by atoms with Gasteiger partial charge in [0.2, 0.25) is 0 Å². The fraction of sp³-hybridized carbons (Fsp3) is 0.625. The Morgan fingerprint density at radius 2 is 1.16 bits per heavy atom. The molecule has 0 N–H and O–H groups in total. The second-order valence-electron chi connectivity index (χ2n) is 11.1. The Kier molecular flexibility index (Phi) is 15.3. The molecule has 1 aromatic carbocycles. The topological polar surface area (TPSA) is 195 Å². The first kappa shape index (κ1) is 39.7. The minimum absolute atomic E-state index is 0.00467. The Labute approximate surface area is 287 Å². The summed E-state index contributed by atoms with van der Waals surface area (Å²) in [7, 11) is 1.32. The van der Waals surface area contributed by atoms with Gasteiger partial charge >= 0.3 is 35.8 Å². The quantitative estimate of drug-likeness (QED) is 0.199. The summed E-state index contributed by atoms with van der Waals surface area (Å²) in [6.07, 6.45) is -10.0. The smallest absolute Gasteiger partial charge is 0.303 e. The summed E-state index contributed by atoms with van der Waals surface area (Å²) in [4.78, 5) is 72.8. The fourth-order valence-electron chi connectivity index (χ4n) is 5.29. The molecule has 0 radical (unpaired) electrons. The van der Waals surface area contributed by atoms with Gasteiger partial charge in [-0.3, -0.25) is 28.8 Å². The second-order valence-corrected chi connectivity index (χ2v) is 12.4. The van der Waals surface area contributed by atoms with Crippen LogP contribution in [0.25, 0.3) is 0 Å². The highest BCUT2D eigenvalue weighted by Gasteiger charge is 2.56. The van der Waals surface area contributed by atoms with Gasteiger partial charge in [-0.15, -0.1) is 11.8 Å². The average molecular weight is 715 g/mol. The van der Waals surface area contributed by atoms with E-state index in [1.807, 2.05) is 30.3 Å². The summed E-state index contributed by atoms with van der Waals surface area (Å²) in [5.74, 6) is -4.26. The van der Waals surface area contributed by atoms with Gasteiger partial charge in [0, 0.05) is 48.7 Å². The number of carbonyl (C=O) groups is 6. The van der Waals surface area contributed by atoms with Gasteiger partial charge in [0.25, 0.3) is 0 Å². The third-order valence-corrected chi connectivity index (χ3v) is 8.50. The van der Waals surface area contributed by atoms with Crippen LogP contribution >= 0.6 is 11.8 Å². The number of hydrogen-bond acceptors (Lipinski definition) is 17. The van der Waals surface area contributed by atoms with E-state index in [1.165, 1.54) is 27.9 Å². The van der Waals surface area contributed by atoms with Gasteiger partial charge in [0.15, 0.2) is 30.7 Å². The van der Waals surface area contributed by atoms with Crippen LogP contribution in [-0.2, 0) is 82.7 Å². The van der Waals surface area contributed by atoms with Crippen molar-refractivity contribution in [1.29, 1.82) is 0 Å². The van der Waals surface area contributed by atoms with Crippen LogP contribution in [0.4, 0.5) is 0 Å². The maximum atomic E-state index is 12.4. The zero-order chi connectivity index (χ0) is 36.2. The van der Waals surface area contributed by atoms with E-state index >= 15 is 0 Å². The van der Waals surface area contributed by atoms with Crippen LogP contribution in [0.2, 0.25) is 0 Å². The zero-order valence-electron chi connectivity index (χ0n) is 28.2. The predicted molar refractivity (Wildman–Crippen MR) is 166 cm³/mol. The lowest BCUT2D eigenvalue weighted by molar-refractivity contribution is -0.320. The molecule has 0 aliphatic carbocycles. The van der Waals surface area contributed by atoms with Crippen molar-refractivity contribution >= 4 is 47.6 Å². The zero-order valence-corrected chi connectivity index (χ0v) is 29.0. The molecular weight excluding hydrogens is 672 g/mol. The largest absolute Gasteiger partial charge is 0.465 e. The van der Waals surface area contributed by atoms with Gasteiger partial charge in [0.1, 0.15) is 37.0 Å². The molecule has 2 saturated heterocycles. The monoisotopic (exact) mass is 714 g/mol. The number of carbonyl (C=O) groups excluding carboxylic acids is 6. The molecule has 0 saturated carbocycles. The first-order chi connectivity index (χ1) is 23.2. The van der Waals surface area contributed by atoms with Crippen LogP contribution in [0.5, 0.6) is 0 Å². The second kappa shape index (κ2) is 18.8. The van der Waals surface area contributed by atoms with Crippen molar-refractivity contribution in [3.8, 4) is 0 Å². The van der Waals surface area contributed by atoms with Gasteiger partial charge in [-0.25, -0.2) is 0 Å². The van der Waals surface area contributed by atoms with Crippen molar-refractivity contribution in [2.24, 2.45) is 0 Å². The number of rotatable bonds is 14. The SMILES string of the molecule is CO[C@H]1O[C@H](COC(C)=O)[C@@H](OC(C)=O)[C@H](OCc2ccccc2)[C@H]1O[C@@H]1S[C@H](COC(C)=O)[C@@H](OC(C)=O)[C@H](OC(C)=O)[C@H]1OC(C)=O. The van der Waals surface area contributed by atoms with E-state index in [2.05, 4.69) is 0 Å². The van der Waals surface area contributed by atoms with Gasteiger partial charge in [0.05, 0.1) is 11.9 Å². The highest BCUT2D eigenvalue weighted by atomic mass is 32.2. The van der Waals surface area contributed by atoms with Crippen molar-refractivity contribution in [2.45, 2.75) is 108 Å². The minimum Gasteiger partial charge on any atom is -0.465 e. The molecule has 0 bridgehead atoms. The first-order valence-electron chi connectivity index (χ1n) is 15.3. The van der Waals surface area contributed by atoms with Crippen LogP contribution < -0.4 is 0 Å². The van der Waals surface area contributed by atoms with Crippen LogP contribution in [0.15, 0.2) is 30.3 Å². The Bertz CT molecular complexity index is 1310. The summed E-state index contributed by atoms with van der Waals surface area (Å²) in [5, 5.41) is -0.899. The summed E-state index contributed by atoms with van der Waals surface area (Å²) in [6, 6.07) is 9.06. The lowest BCUT2D eigenvalue weighted by Crippen LogP contribution is -2.65. The maximum Gasteiger partial charge on any atom is 0.303 e. The Balaban J connectivity index is 2.11. The van der Waals surface area contributed by atoms with Crippen LogP contribution in [-0.4, -0.2) is 116 Å². The third kappa shape index (κ3) is 12.0. The van der Waals surface area contributed by atoms with Crippen LogP contribution in [0.3, 0.4) is 0 Å². The fourth-order valence-corrected chi connectivity index (χ4v) is 6.70. The molecule has 2 heterocycles. The van der Waals surface area contributed by atoms with E-state index in [-0.39, 0.29) is 19.8 Å². The molecular formula is C32H42O16S. The molecule has 0 amide bonds. The molecule has 1 aromatic rings. The molecule has 16 nitrogen and oxygen atoms in total. The average Bonchev–Trinajstić information content (AvgIpc) is 3.01. The Morgan fingerprint density at radius 1 is 0.633 bits per heavy atom. The summed E-state index contributed by atoms with van der Waals surface area (Å²) >= 11 is 0.968. The highest BCUT2D eigenvalue weighted by Crippen LogP contribution is 2.41. The number of benzene rings is 1. The maximum absolute atomic E-state index is 12.4. The van der Waals surface area contributed by atoms with Gasteiger partial charge in [-0.1, -0.05) is 30.3 Å². The van der Waals surface area contributed by atoms with Crippen LogP contribution in [0, 0.1) is 0 Å². The summed E-state index contributed by atoms with van der Waals surface area (Å²) in [5.41, 5.74) is -0.483. The van der Waals surface area contributed by atoms with E-state index in [1.54, 1.807) is 0 Å². The minimum atomic E-state index is -1.42. The molecule has 0 aromatic heterocycles. The standard InChI is InChI=1S/C32H42O16S/c1-16(33)40-14-23-25(43-18(3)35)27(42-13-22-11-9-8-10-12-22)29(31(39-7)47-23)48-32-30(46-21(6)38)28(45-20(5)37)26(44-19(4)36)24(49-32)15-41-17(2)34/h8-12,23-32H,13-15H2,1-7H3/t23-,24-,25-,26-,27+,28+,29-,30-,31+,32-/m1/s1. The predicted octanol–water partition coefficient (Wildman–Crippen LogP) is 1.62. The van der Waals surface area contributed by atoms with E-state index in [0.717, 1.165) is 38.1 Å². The summed E-state index contributed by atoms with van der Waals surface area (Å²) < 4.78 is 57.5. The van der Waals surface area contributed by atoms with E-state index in [4.69, 9.17) is 47.4 Å². The van der Waals surface area contributed by atoms with E-state index in [9.17, 15) is 28.8 Å². The van der Waals surface area contributed by atoms with Crippen molar-refractivity contribution in [2.75, 3.05) is 20.3 Å². The molecule has 0 spiro atoms. The molecule has 17 heteroatoms. The lowest BCUT2D eigenvalue weighted by Gasteiger charge is -2.48. The number of methoxy groups -OCH3 is 1. The molecule has 3 rings (SSSR count). The van der Waals surface area contributed by atoms with E-state index < -0.39 is 95.5 Å². The number of esters is 6. The van der Waals surface area contributed by atoms with E-state index in [0.29, 0.717) is 0 Å². The molecule has 0 unspecified atom stereocenters. The van der Waals surface area contributed by atoms with Gasteiger partial charge in [-0.2, -0.15) is 0 Å².